The van der Waals surface area contributed by atoms with Crippen molar-refractivity contribution in [1.29, 1.82) is 0 Å². The van der Waals surface area contributed by atoms with Crippen LogP contribution in [0.3, 0.4) is 0 Å². The molecule has 1 saturated heterocycles. The van der Waals surface area contributed by atoms with E-state index < -0.39 is 0 Å². The van der Waals surface area contributed by atoms with E-state index in [1.165, 1.54) is 11.1 Å². The third kappa shape index (κ3) is 3.88. The molecule has 1 heterocycles. The minimum absolute atomic E-state index is 0.0478. The molecule has 2 aromatic rings. The summed E-state index contributed by atoms with van der Waals surface area (Å²) in [6, 6.07) is 15.9. The summed E-state index contributed by atoms with van der Waals surface area (Å²) in [6.07, 6.45) is 0.989. The third-order valence-electron chi connectivity index (χ3n) is 4.51. The zero-order valence-corrected chi connectivity index (χ0v) is 14.2. The van der Waals surface area contributed by atoms with Gasteiger partial charge in [-0.3, -0.25) is 4.79 Å². The average Bonchev–Trinajstić information content (AvgIpc) is 3.11. The van der Waals surface area contributed by atoms with Crippen molar-refractivity contribution in [1.82, 2.24) is 4.90 Å². The molecule has 1 atom stereocenters. The molecule has 1 fully saturated rings. The first-order valence-electron chi connectivity index (χ1n) is 8.27. The lowest BCUT2D eigenvalue weighted by atomic mass is 9.98. The molecule has 0 spiro atoms. The molecule has 0 aromatic heterocycles. The summed E-state index contributed by atoms with van der Waals surface area (Å²) in [7, 11) is 1.67. The first-order chi connectivity index (χ1) is 11.7. The average molecular weight is 325 g/mol. The molecule has 1 unspecified atom stereocenters. The predicted octanol–water partition coefficient (Wildman–Crippen LogP) is 3.40. The minimum Gasteiger partial charge on any atom is -0.497 e. The quantitative estimate of drug-likeness (QED) is 0.846. The number of methoxy groups -OCH3 is 1. The third-order valence-corrected chi connectivity index (χ3v) is 4.51. The zero-order valence-electron chi connectivity index (χ0n) is 14.2. The largest absolute Gasteiger partial charge is 0.497 e. The number of hydrogen-bond acceptors (Lipinski definition) is 3. The van der Waals surface area contributed by atoms with E-state index in [0.717, 1.165) is 31.0 Å². The van der Waals surface area contributed by atoms with Gasteiger partial charge < -0.3 is 14.4 Å². The van der Waals surface area contributed by atoms with Gasteiger partial charge in [-0.15, -0.1) is 0 Å². The molecule has 0 bridgehead atoms. The number of likely N-dealkylation sites (tertiary alicyclic amines) is 1. The van der Waals surface area contributed by atoms with Crippen LogP contribution in [0.5, 0.6) is 11.5 Å². The lowest BCUT2D eigenvalue weighted by Crippen LogP contribution is -2.32. The van der Waals surface area contributed by atoms with Crippen LogP contribution in [-0.2, 0) is 4.79 Å². The maximum Gasteiger partial charge on any atom is 0.260 e. The van der Waals surface area contributed by atoms with Crippen molar-refractivity contribution in [3.05, 3.63) is 59.7 Å². The van der Waals surface area contributed by atoms with Crippen molar-refractivity contribution >= 4 is 5.91 Å². The first-order valence-corrected chi connectivity index (χ1v) is 8.27. The van der Waals surface area contributed by atoms with Gasteiger partial charge in [-0.2, -0.15) is 0 Å². The van der Waals surface area contributed by atoms with Crippen LogP contribution in [0.2, 0.25) is 0 Å². The number of nitrogens with zero attached hydrogens (tertiary/aromatic N) is 1. The van der Waals surface area contributed by atoms with E-state index in [1.54, 1.807) is 7.11 Å². The molecule has 24 heavy (non-hydrogen) atoms. The fraction of sp³-hybridized carbons (Fsp3) is 0.350. The molecular formula is C20H23NO3. The number of amides is 1. The zero-order chi connectivity index (χ0) is 16.9. The predicted molar refractivity (Wildman–Crippen MR) is 93.6 cm³/mol. The van der Waals surface area contributed by atoms with Crippen molar-refractivity contribution in [2.75, 3.05) is 26.8 Å². The number of ether oxygens (including phenoxy) is 2. The van der Waals surface area contributed by atoms with Crippen LogP contribution < -0.4 is 9.47 Å². The van der Waals surface area contributed by atoms with E-state index in [1.807, 2.05) is 48.2 Å². The van der Waals surface area contributed by atoms with Crippen molar-refractivity contribution in [3.8, 4) is 11.5 Å². The molecule has 3 rings (SSSR count). The smallest absolute Gasteiger partial charge is 0.260 e. The molecule has 0 saturated carbocycles. The molecule has 126 valence electrons. The molecule has 1 aliphatic heterocycles. The first kappa shape index (κ1) is 16.4. The summed E-state index contributed by atoms with van der Waals surface area (Å²) in [5.41, 5.74) is 2.43. The summed E-state index contributed by atoms with van der Waals surface area (Å²) in [5.74, 6) is 2.03. The highest BCUT2D eigenvalue weighted by molar-refractivity contribution is 5.78. The summed E-state index contributed by atoms with van der Waals surface area (Å²) < 4.78 is 10.8. The molecule has 0 N–H and O–H groups in total. The lowest BCUT2D eigenvalue weighted by molar-refractivity contribution is -0.132. The Morgan fingerprint density at radius 3 is 2.42 bits per heavy atom. The van der Waals surface area contributed by atoms with Gasteiger partial charge >= 0.3 is 0 Å². The Morgan fingerprint density at radius 1 is 1.08 bits per heavy atom. The molecule has 0 radical (unpaired) electrons. The number of aryl methyl sites for hydroxylation is 1. The number of carbonyl (C=O) groups excluding carboxylic acids is 1. The minimum atomic E-state index is 0.0478. The molecule has 1 aliphatic rings. The van der Waals surface area contributed by atoms with Gasteiger partial charge in [-0.25, -0.2) is 0 Å². The summed E-state index contributed by atoms with van der Waals surface area (Å²) in [5, 5.41) is 0. The molecule has 2 aromatic carbocycles. The Balaban J connectivity index is 1.52. The summed E-state index contributed by atoms with van der Waals surface area (Å²) >= 11 is 0. The second kappa shape index (κ2) is 7.39. The van der Waals surface area contributed by atoms with E-state index in [-0.39, 0.29) is 12.5 Å². The van der Waals surface area contributed by atoms with Crippen molar-refractivity contribution in [2.45, 2.75) is 19.3 Å². The van der Waals surface area contributed by atoms with E-state index >= 15 is 0 Å². The molecule has 4 nitrogen and oxygen atoms in total. The molecule has 0 aliphatic carbocycles. The Morgan fingerprint density at radius 2 is 1.75 bits per heavy atom. The molecule has 1 amide bonds. The topological polar surface area (TPSA) is 38.8 Å². The van der Waals surface area contributed by atoms with Crippen molar-refractivity contribution in [2.24, 2.45) is 0 Å². The second-order valence-corrected chi connectivity index (χ2v) is 6.20. The van der Waals surface area contributed by atoms with Gasteiger partial charge in [-0.05, 0) is 43.2 Å². The van der Waals surface area contributed by atoms with Gasteiger partial charge in [-0.1, -0.05) is 29.8 Å². The Bertz CT molecular complexity index is 679. The number of hydrogen-bond donors (Lipinski definition) is 0. The van der Waals surface area contributed by atoms with E-state index in [4.69, 9.17) is 9.47 Å². The number of benzene rings is 2. The Kier molecular flexibility index (Phi) is 5.04. The Labute approximate surface area is 143 Å². The summed E-state index contributed by atoms with van der Waals surface area (Å²) in [6.45, 7) is 3.66. The highest BCUT2D eigenvalue weighted by Gasteiger charge is 2.27. The van der Waals surface area contributed by atoms with E-state index in [9.17, 15) is 4.79 Å². The normalized spacial score (nSPS) is 16.9. The standard InChI is InChI=1S/C20H23NO3/c1-15-3-7-19(8-4-15)24-14-20(22)21-12-11-17(13-21)16-5-9-18(23-2)10-6-16/h3-10,17H,11-14H2,1-2H3. The van der Waals surface area contributed by atoms with Crippen LogP contribution in [0, 0.1) is 6.92 Å². The van der Waals surface area contributed by atoms with Gasteiger partial charge in [0.2, 0.25) is 0 Å². The summed E-state index contributed by atoms with van der Waals surface area (Å²) in [4.78, 5) is 14.2. The lowest BCUT2D eigenvalue weighted by Gasteiger charge is -2.17. The number of rotatable bonds is 5. The highest BCUT2D eigenvalue weighted by atomic mass is 16.5. The molecule has 4 heteroatoms. The van der Waals surface area contributed by atoms with Crippen LogP contribution in [-0.4, -0.2) is 37.6 Å². The van der Waals surface area contributed by atoms with Crippen LogP contribution >= 0.6 is 0 Å². The van der Waals surface area contributed by atoms with Crippen LogP contribution in [0.4, 0.5) is 0 Å². The van der Waals surface area contributed by atoms with Crippen LogP contribution in [0.1, 0.15) is 23.5 Å². The van der Waals surface area contributed by atoms with Gasteiger partial charge in [0.25, 0.3) is 5.91 Å². The maximum absolute atomic E-state index is 12.3. The monoisotopic (exact) mass is 325 g/mol. The van der Waals surface area contributed by atoms with Crippen LogP contribution in [0.25, 0.3) is 0 Å². The molecular weight excluding hydrogens is 302 g/mol. The van der Waals surface area contributed by atoms with Crippen molar-refractivity contribution in [3.63, 3.8) is 0 Å². The second-order valence-electron chi connectivity index (χ2n) is 6.20. The van der Waals surface area contributed by atoms with Gasteiger partial charge in [0.05, 0.1) is 7.11 Å². The van der Waals surface area contributed by atoms with E-state index in [2.05, 4.69) is 12.1 Å². The van der Waals surface area contributed by atoms with E-state index in [0.29, 0.717) is 5.92 Å². The fourth-order valence-electron chi connectivity index (χ4n) is 3.01. The highest BCUT2D eigenvalue weighted by Crippen LogP contribution is 2.28. The maximum atomic E-state index is 12.3. The Hall–Kier alpha value is -2.49. The fourth-order valence-corrected chi connectivity index (χ4v) is 3.01. The van der Waals surface area contributed by atoms with Gasteiger partial charge in [0, 0.05) is 19.0 Å². The van der Waals surface area contributed by atoms with Gasteiger partial charge in [0.1, 0.15) is 11.5 Å². The number of carbonyl (C=O) groups is 1. The SMILES string of the molecule is COc1ccc(C2CCN(C(=O)COc3ccc(C)cc3)C2)cc1. The van der Waals surface area contributed by atoms with Crippen molar-refractivity contribution < 1.29 is 14.3 Å². The van der Waals surface area contributed by atoms with Gasteiger partial charge in [0.15, 0.2) is 6.61 Å². The van der Waals surface area contributed by atoms with Crippen LogP contribution in [0.15, 0.2) is 48.5 Å².